The summed E-state index contributed by atoms with van der Waals surface area (Å²) in [6.45, 7) is -1.51. The first kappa shape index (κ1) is 16.9. The lowest BCUT2D eigenvalue weighted by atomic mass is 10.1. The van der Waals surface area contributed by atoms with Gasteiger partial charge in [0.05, 0.1) is 19.3 Å². The minimum Gasteiger partial charge on any atom is -0.495 e. The molecule has 7 heteroatoms. The number of amides is 1. The third-order valence-corrected chi connectivity index (χ3v) is 2.37. The van der Waals surface area contributed by atoms with Crippen molar-refractivity contribution in [2.75, 3.05) is 20.3 Å². The van der Waals surface area contributed by atoms with Crippen molar-refractivity contribution in [3.63, 3.8) is 0 Å². The number of alkyl halides is 3. The van der Waals surface area contributed by atoms with Gasteiger partial charge < -0.3 is 15.2 Å². The fourth-order valence-corrected chi connectivity index (χ4v) is 1.44. The van der Waals surface area contributed by atoms with E-state index in [9.17, 15) is 18.0 Å². The number of carbonyl (C=O) groups is 1. The Labute approximate surface area is 119 Å². The van der Waals surface area contributed by atoms with Gasteiger partial charge in [-0.15, -0.1) is 0 Å². The quantitative estimate of drug-likeness (QED) is 0.833. The number of hydrogen-bond acceptors (Lipinski definition) is 3. The molecule has 0 unspecified atom stereocenters. The molecule has 0 aliphatic rings. The highest BCUT2D eigenvalue weighted by molar-refractivity contribution is 5.94. The van der Waals surface area contributed by atoms with E-state index in [0.29, 0.717) is 11.3 Å². The topological polar surface area (TPSA) is 58.6 Å². The molecule has 1 aromatic rings. The van der Waals surface area contributed by atoms with Crippen LogP contribution >= 0.6 is 0 Å². The van der Waals surface area contributed by atoms with Crippen molar-refractivity contribution in [2.24, 2.45) is 0 Å². The lowest BCUT2D eigenvalue weighted by molar-refractivity contribution is -0.123. The fraction of sp³-hybridized carbons (Fsp3) is 0.357. The summed E-state index contributed by atoms with van der Waals surface area (Å²) in [6.07, 6.45) is -4.22. The predicted octanol–water partition coefficient (Wildman–Crippen LogP) is 1.72. The normalized spacial score (nSPS) is 10.5. The molecule has 0 atom stereocenters. The standard InChI is InChI=1S/C14H14F3NO3/c1-21-12-6-5-11(8-10(12)4-2-3-7-19)13(20)18-9-14(15,16)17/h5-6,8,19H,3,7,9H2,1H3,(H,18,20). The van der Waals surface area contributed by atoms with Crippen molar-refractivity contribution in [2.45, 2.75) is 12.6 Å². The van der Waals surface area contributed by atoms with Crippen LogP contribution in [0.1, 0.15) is 22.3 Å². The van der Waals surface area contributed by atoms with E-state index in [1.54, 1.807) is 5.32 Å². The Morgan fingerprint density at radius 2 is 2.14 bits per heavy atom. The van der Waals surface area contributed by atoms with Gasteiger partial charge in [0, 0.05) is 12.0 Å². The molecule has 21 heavy (non-hydrogen) atoms. The molecule has 0 bridgehead atoms. The highest BCUT2D eigenvalue weighted by atomic mass is 19.4. The Morgan fingerprint density at radius 1 is 1.43 bits per heavy atom. The van der Waals surface area contributed by atoms with Crippen molar-refractivity contribution in [3.05, 3.63) is 29.3 Å². The molecule has 0 spiro atoms. The maximum Gasteiger partial charge on any atom is 0.405 e. The van der Waals surface area contributed by atoms with Gasteiger partial charge in [0.2, 0.25) is 0 Å². The zero-order chi connectivity index (χ0) is 15.9. The van der Waals surface area contributed by atoms with E-state index in [1.165, 1.54) is 25.3 Å². The Kier molecular flexibility index (Phi) is 6.06. The molecule has 1 amide bonds. The second-order valence-electron chi connectivity index (χ2n) is 3.99. The molecule has 1 rings (SSSR count). The number of benzene rings is 1. The van der Waals surface area contributed by atoms with E-state index in [0.717, 1.165) is 0 Å². The number of halogens is 3. The van der Waals surface area contributed by atoms with E-state index in [-0.39, 0.29) is 18.6 Å². The van der Waals surface area contributed by atoms with Crippen LogP contribution in [-0.2, 0) is 0 Å². The van der Waals surface area contributed by atoms with Crippen LogP contribution in [0.3, 0.4) is 0 Å². The molecule has 2 N–H and O–H groups in total. The highest BCUT2D eigenvalue weighted by Gasteiger charge is 2.27. The minimum absolute atomic E-state index is 0.0494. The van der Waals surface area contributed by atoms with Gasteiger partial charge in [-0.05, 0) is 18.2 Å². The summed E-state index contributed by atoms with van der Waals surface area (Å²) in [6, 6.07) is 4.14. The van der Waals surface area contributed by atoms with Crippen LogP contribution in [0.25, 0.3) is 0 Å². The van der Waals surface area contributed by atoms with Crippen molar-refractivity contribution < 1.29 is 27.8 Å². The predicted molar refractivity (Wildman–Crippen MR) is 70.0 cm³/mol. The molecule has 0 saturated heterocycles. The van der Waals surface area contributed by atoms with Crippen LogP contribution in [0.15, 0.2) is 18.2 Å². The average Bonchev–Trinajstić information content (AvgIpc) is 2.44. The van der Waals surface area contributed by atoms with Crippen molar-refractivity contribution >= 4 is 5.91 Å². The summed E-state index contributed by atoms with van der Waals surface area (Å²) in [5.74, 6) is 4.90. The zero-order valence-corrected chi connectivity index (χ0v) is 11.3. The van der Waals surface area contributed by atoms with Gasteiger partial charge in [-0.25, -0.2) is 0 Å². The number of hydrogen-bond donors (Lipinski definition) is 2. The molecule has 0 aliphatic heterocycles. The number of aliphatic hydroxyl groups excluding tert-OH is 1. The molecule has 0 fully saturated rings. The first-order valence-electron chi connectivity index (χ1n) is 6.00. The molecule has 1 aromatic carbocycles. The first-order valence-corrected chi connectivity index (χ1v) is 6.00. The Hall–Kier alpha value is -2.20. The van der Waals surface area contributed by atoms with Crippen LogP contribution in [0.2, 0.25) is 0 Å². The van der Waals surface area contributed by atoms with Gasteiger partial charge in [0.15, 0.2) is 0 Å². The van der Waals surface area contributed by atoms with Gasteiger partial charge in [-0.1, -0.05) is 11.8 Å². The number of rotatable bonds is 4. The summed E-state index contributed by atoms with van der Waals surface area (Å²) >= 11 is 0. The van der Waals surface area contributed by atoms with Gasteiger partial charge in [0.1, 0.15) is 12.3 Å². The summed E-state index contributed by atoms with van der Waals surface area (Å²) in [5, 5.41) is 10.4. The Morgan fingerprint density at radius 3 is 2.71 bits per heavy atom. The average molecular weight is 301 g/mol. The smallest absolute Gasteiger partial charge is 0.405 e. The summed E-state index contributed by atoms with van der Waals surface area (Å²) < 4.78 is 41.2. The number of nitrogens with one attached hydrogen (secondary N) is 1. The van der Waals surface area contributed by atoms with E-state index in [4.69, 9.17) is 9.84 Å². The van der Waals surface area contributed by atoms with E-state index < -0.39 is 18.6 Å². The SMILES string of the molecule is COc1ccc(C(=O)NCC(F)(F)F)cc1C#CCCO. The third kappa shape index (κ3) is 5.75. The minimum atomic E-state index is -4.47. The monoisotopic (exact) mass is 301 g/mol. The molecule has 114 valence electrons. The molecule has 0 radical (unpaired) electrons. The molecule has 0 heterocycles. The van der Waals surface area contributed by atoms with Gasteiger partial charge in [-0.3, -0.25) is 4.79 Å². The fourth-order valence-electron chi connectivity index (χ4n) is 1.44. The van der Waals surface area contributed by atoms with E-state index in [2.05, 4.69) is 11.8 Å². The number of carbonyl (C=O) groups excluding carboxylic acids is 1. The van der Waals surface area contributed by atoms with Crippen LogP contribution < -0.4 is 10.1 Å². The summed E-state index contributed by atoms with van der Waals surface area (Å²) in [5.41, 5.74) is 0.416. The Bertz CT molecular complexity index is 559. The second kappa shape index (κ2) is 7.55. The molecular weight excluding hydrogens is 287 g/mol. The van der Waals surface area contributed by atoms with E-state index in [1.807, 2.05) is 0 Å². The molecule has 4 nitrogen and oxygen atoms in total. The van der Waals surface area contributed by atoms with Crippen molar-refractivity contribution in [3.8, 4) is 17.6 Å². The number of methoxy groups -OCH3 is 1. The molecular formula is C14H14F3NO3. The first-order chi connectivity index (χ1) is 9.87. The second-order valence-corrected chi connectivity index (χ2v) is 3.99. The van der Waals surface area contributed by atoms with Crippen LogP contribution in [0.5, 0.6) is 5.75 Å². The third-order valence-electron chi connectivity index (χ3n) is 2.37. The highest BCUT2D eigenvalue weighted by Crippen LogP contribution is 2.19. The van der Waals surface area contributed by atoms with Crippen LogP contribution in [0.4, 0.5) is 13.2 Å². The van der Waals surface area contributed by atoms with Gasteiger partial charge in [-0.2, -0.15) is 13.2 Å². The number of aliphatic hydroxyl groups is 1. The summed E-state index contributed by atoms with van der Waals surface area (Å²) in [4.78, 5) is 11.6. The lowest BCUT2D eigenvalue weighted by Crippen LogP contribution is -2.33. The van der Waals surface area contributed by atoms with Crippen molar-refractivity contribution in [1.82, 2.24) is 5.32 Å². The van der Waals surface area contributed by atoms with Crippen molar-refractivity contribution in [1.29, 1.82) is 0 Å². The molecule has 0 aliphatic carbocycles. The maximum absolute atomic E-state index is 12.1. The molecule has 0 saturated carbocycles. The zero-order valence-electron chi connectivity index (χ0n) is 11.3. The lowest BCUT2D eigenvalue weighted by Gasteiger charge is -2.09. The molecule has 0 aromatic heterocycles. The van der Waals surface area contributed by atoms with Crippen LogP contribution in [-0.4, -0.2) is 37.5 Å². The number of ether oxygens (including phenoxy) is 1. The van der Waals surface area contributed by atoms with E-state index >= 15 is 0 Å². The largest absolute Gasteiger partial charge is 0.495 e. The van der Waals surface area contributed by atoms with Gasteiger partial charge in [0.25, 0.3) is 5.91 Å². The summed E-state index contributed by atoms with van der Waals surface area (Å²) in [7, 11) is 1.41. The Balaban J connectivity index is 2.92. The van der Waals surface area contributed by atoms with Crippen LogP contribution in [0, 0.1) is 11.8 Å². The maximum atomic E-state index is 12.1. The van der Waals surface area contributed by atoms with Gasteiger partial charge >= 0.3 is 6.18 Å².